The Bertz CT molecular complexity index is 668. The number of hydrogen-bond acceptors (Lipinski definition) is 4. The average molecular weight is 401 g/mol. The summed E-state index contributed by atoms with van der Waals surface area (Å²) in [6.45, 7) is 0.394. The average Bonchev–Trinajstić information content (AvgIpc) is 2.60. The van der Waals surface area contributed by atoms with E-state index < -0.39 is 6.04 Å². The van der Waals surface area contributed by atoms with Gasteiger partial charge in [0.1, 0.15) is 12.4 Å². The van der Waals surface area contributed by atoms with Crippen molar-refractivity contribution in [3.05, 3.63) is 59.1 Å². The molecule has 0 bridgehead atoms. The maximum absolute atomic E-state index is 12.0. The van der Waals surface area contributed by atoms with E-state index in [1.807, 2.05) is 30.5 Å². The zero-order valence-corrected chi connectivity index (χ0v) is 16.3. The van der Waals surface area contributed by atoms with Gasteiger partial charge in [-0.15, -0.1) is 12.4 Å². The molecule has 0 aliphatic heterocycles. The molecule has 0 saturated heterocycles. The van der Waals surface area contributed by atoms with Crippen LogP contribution in [0.1, 0.15) is 12.0 Å². The van der Waals surface area contributed by atoms with Gasteiger partial charge in [0, 0.05) is 16.3 Å². The van der Waals surface area contributed by atoms with Crippen molar-refractivity contribution in [3.8, 4) is 5.75 Å². The molecule has 0 spiro atoms. The van der Waals surface area contributed by atoms with Crippen molar-refractivity contribution in [2.24, 2.45) is 5.73 Å². The second kappa shape index (κ2) is 11.3. The fraction of sp³-hybridized carbons (Fsp3) is 0.278. The molecule has 0 unspecified atom stereocenters. The van der Waals surface area contributed by atoms with Crippen molar-refractivity contribution in [3.63, 3.8) is 0 Å². The Morgan fingerprint density at radius 3 is 2.56 bits per heavy atom. The van der Waals surface area contributed by atoms with E-state index in [9.17, 15) is 4.79 Å². The maximum atomic E-state index is 12.0. The number of carbonyl (C=O) groups is 1. The first-order valence-corrected chi connectivity index (χ1v) is 9.39. The second-order valence-corrected chi connectivity index (χ2v) is 6.67. The van der Waals surface area contributed by atoms with Gasteiger partial charge in [-0.3, -0.25) is 4.79 Å². The number of rotatable bonds is 8. The Balaban J connectivity index is 0.00000312. The number of thioether (sulfide) groups is 1. The highest BCUT2D eigenvalue weighted by Gasteiger charge is 2.12. The molecule has 0 saturated carbocycles. The molecule has 0 fully saturated rings. The third-order valence-electron chi connectivity index (χ3n) is 3.44. The first-order chi connectivity index (χ1) is 11.6. The topological polar surface area (TPSA) is 64.4 Å². The molecular weight excluding hydrogens is 379 g/mol. The molecule has 0 aromatic heterocycles. The highest BCUT2D eigenvalue weighted by atomic mass is 35.5. The molecule has 7 heteroatoms. The van der Waals surface area contributed by atoms with Crippen LogP contribution in [0, 0.1) is 0 Å². The summed E-state index contributed by atoms with van der Waals surface area (Å²) in [6, 6.07) is 14.3. The van der Waals surface area contributed by atoms with Crippen LogP contribution in [0.15, 0.2) is 48.5 Å². The minimum Gasteiger partial charge on any atom is -0.489 e. The molecular formula is C18H22Cl2N2O2S. The summed E-state index contributed by atoms with van der Waals surface area (Å²) in [5, 5.41) is 3.49. The van der Waals surface area contributed by atoms with Crippen LogP contribution in [0.2, 0.25) is 5.02 Å². The van der Waals surface area contributed by atoms with Gasteiger partial charge in [-0.2, -0.15) is 11.8 Å². The first-order valence-electron chi connectivity index (χ1n) is 7.62. The Hall–Kier alpha value is -1.40. The normalized spacial score (nSPS) is 11.3. The number of nitrogens with one attached hydrogen (secondary N) is 1. The van der Waals surface area contributed by atoms with E-state index in [0.29, 0.717) is 29.5 Å². The molecule has 25 heavy (non-hydrogen) atoms. The van der Waals surface area contributed by atoms with Crippen molar-refractivity contribution < 1.29 is 9.53 Å². The molecule has 2 aromatic rings. The molecule has 0 aliphatic carbocycles. The van der Waals surface area contributed by atoms with Gasteiger partial charge < -0.3 is 15.8 Å². The number of halogens is 2. The largest absolute Gasteiger partial charge is 0.489 e. The quantitative estimate of drug-likeness (QED) is 0.690. The van der Waals surface area contributed by atoms with Crippen molar-refractivity contribution in [1.29, 1.82) is 0 Å². The molecule has 4 nitrogen and oxygen atoms in total. The highest BCUT2D eigenvalue weighted by molar-refractivity contribution is 7.98. The molecule has 2 rings (SSSR count). The number of ether oxygens (including phenoxy) is 1. The zero-order valence-electron chi connectivity index (χ0n) is 13.9. The molecule has 1 amide bonds. The lowest BCUT2D eigenvalue weighted by molar-refractivity contribution is -0.117. The van der Waals surface area contributed by atoms with Crippen LogP contribution >= 0.6 is 35.8 Å². The fourth-order valence-corrected chi connectivity index (χ4v) is 2.70. The zero-order chi connectivity index (χ0) is 17.4. The number of amides is 1. The summed E-state index contributed by atoms with van der Waals surface area (Å²) in [5.74, 6) is 1.40. The molecule has 136 valence electrons. The van der Waals surface area contributed by atoms with Gasteiger partial charge in [-0.25, -0.2) is 0 Å². The predicted molar refractivity (Wildman–Crippen MR) is 109 cm³/mol. The van der Waals surface area contributed by atoms with Crippen LogP contribution in [-0.4, -0.2) is 24.0 Å². The van der Waals surface area contributed by atoms with Gasteiger partial charge >= 0.3 is 0 Å². The Morgan fingerprint density at radius 2 is 1.92 bits per heavy atom. The van der Waals surface area contributed by atoms with E-state index in [1.54, 1.807) is 36.0 Å². The van der Waals surface area contributed by atoms with E-state index in [1.165, 1.54) is 0 Å². The van der Waals surface area contributed by atoms with Gasteiger partial charge in [0.2, 0.25) is 5.91 Å². The van der Waals surface area contributed by atoms with Crippen molar-refractivity contribution >= 4 is 47.4 Å². The lowest BCUT2D eigenvalue weighted by atomic mass is 10.2. The number of hydrogen-bond donors (Lipinski definition) is 2. The molecule has 0 heterocycles. The lowest BCUT2D eigenvalue weighted by Crippen LogP contribution is -2.36. The van der Waals surface area contributed by atoms with E-state index in [2.05, 4.69) is 5.32 Å². The highest BCUT2D eigenvalue weighted by Crippen LogP contribution is 2.20. The monoisotopic (exact) mass is 400 g/mol. The minimum absolute atomic E-state index is 0. The summed E-state index contributed by atoms with van der Waals surface area (Å²) in [7, 11) is 0. The van der Waals surface area contributed by atoms with Gasteiger partial charge in [0.25, 0.3) is 0 Å². The van der Waals surface area contributed by atoms with Gasteiger partial charge in [0.15, 0.2) is 0 Å². The molecule has 0 aliphatic rings. The smallest absolute Gasteiger partial charge is 0.241 e. The predicted octanol–water partition coefficient (Wildman–Crippen LogP) is 4.36. The molecule has 3 N–H and O–H groups in total. The van der Waals surface area contributed by atoms with Crippen LogP contribution in [0.4, 0.5) is 5.69 Å². The van der Waals surface area contributed by atoms with E-state index in [-0.39, 0.29) is 18.3 Å². The van der Waals surface area contributed by atoms with Crippen molar-refractivity contribution in [2.75, 3.05) is 17.3 Å². The van der Waals surface area contributed by atoms with E-state index in [4.69, 9.17) is 22.1 Å². The van der Waals surface area contributed by atoms with Crippen molar-refractivity contribution in [1.82, 2.24) is 0 Å². The standard InChI is InChI=1S/C18H21ClN2O2S.ClH/c1-24-11-10-17(20)18(22)21-14-6-8-15(9-7-14)23-12-13-4-2-3-5-16(13)19;/h2-9,17H,10-12,20H2,1H3,(H,21,22);1H/t17-;/m0./s1. The van der Waals surface area contributed by atoms with Gasteiger partial charge in [0.05, 0.1) is 6.04 Å². The van der Waals surface area contributed by atoms with Crippen molar-refractivity contribution in [2.45, 2.75) is 19.1 Å². The minimum atomic E-state index is -0.492. The lowest BCUT2D eigenvalue weighted by Gasteiger charge is -2.12. The summed E-state index contributed by atoms with van der Waals surface area (Å²) in [4.78, 5) is 12.0. The number of anilines is 1. The maximum Gasteiger partial charge on any atom is 0.241 e. The third kappa shape index (κ3) is 7.16. The summed E-state index contributed by atoms with van der Waals surface area (Å²) in [5.41, 5.74) is 7.47. The van der Waals surface area contributed by atoms with Crippen LogP contribution in [0.3, 0.4) is 0 Å². The summed E-state index contributed by atoms with van der Waals surface area (Å²) < 4.78 is 5.71. The number of nitrogens with two attached hydrogens (primary N) is 1. The van der Waals surface area contributed by atoms with E-state index >= 15 is 0 Å². The van der Waals surface area contributed by atoms with E-state index in [0.717, 1.165) is 11.3 Å². The molecule has 0 radical (unpaired) electrons. The molecule has 2 aromatic carbocycles. The fourth-order valence-electron chi connectivity index (χ4n) is 2.02. The second-order valence-electron chi connectivity index (χ2n) is 5.28. The van der Waals surface area contributed by atoms with Gasteiger partial charge in [-0.1, -0.05) is 29.8 Å². The Labute approximate surface area is 163 Å². The van der Waals surface area contributed by atoms with Crippen LogP contribution in [-0.2, 0) is 11.4 Å². The number of carbonyl (C=O) groups excluding carboxylic acids is 1. The SMILES string of the molecule is CSCC[C@H](N)C(=O)Nc1ccc(OCc2ccccc2Cl)cc1.Cl. The summed E-state index contributed by atoms with van der Waals surface area (Å²) >= 11 is 7.77. The number of benzene rings is 2. The summed E-state index contributed by atoms with van der Waals surface area (Å²) in [6.07, 6.45) is 2.65. The van der Waals surface area contributed by atoms with Gasteiger partial charge in [-0.05, 0) is 48.8 Å². The van der Waals surface area contributed by atoms with Crippen LogP contribution in [0.25, 0.3) is 0 Å². The Kier molecular flexibility index (Phi) is 9.75. The third-order valence-corrected chi connectivity index (χ3v) is 4.46. The molecule has 1 atom stereocenters. The first kappa shape index (κ1) is 21.6. The van der Waals surface area contributed by atoms with Crippen LogP contribution < -0.4 is 15.8 Å². The Morgan fingerprint density at radius 1 is 1.24 bits per heavy atom. The van der Waals surface area contributed by atoms with Crippen LogP contribution in [0.5, 0.6) is 5.75 Å².